The third-order valence-electron chi connectivity index (χ3n) is 3.53. The van der Waals surface area contributed by atoms with Gasteiger partial charge in [-0.05, 0) is 49.0 Å². The number of phenols is 1. The highest BCUT2D eigenvalue weighted by Crippen LogP contribution is 2.30. The van der Waals surface area contributed by atoms with Gasteiger partial charge in [-0.15, -0.1) is 0 Å². The molecule has 1 aromatic rings. The number of piperidine rings is 1. The third kappa shape index (κ3) is 2.99. The van der Waals surface area contributed by atoms with Crippen LogP contribution in [0.25, 0.3) is 0 Å². The van der Waals surface area contributed by atoms with Gasteiger partial charge in [-0.25, -0.2) is 0 Å². The van der Waals surface area contributed by atoms with Crippen LogP contribution >= 0.6 is 0 Å². The number of benzene rings is 1. The lowest BCUT2D eigenvalue weighted by molar-refractivity contribution is 0.127. The van der Waals surface area contributed by atoms with Crippen molar-refractivity contribution < 1.29 is 5.11 Å². The molecule has 2 nitrogen and oxygen atoms in total. The Labute approximate surface area is 97.9 Å². The van der Waals surface area contributed by atoms with Crippen molar-refractivity contribution in [2.75, 3.05) is 13.1 Å². The highest BCUT2D eigenvalue weighted by molar-refractivity contribution is 5.27. The maximum absolute atomic E-state index is 9.41. The van der Waals surface area contributed by atoms with Crippen LogP contribution in [0.3, 0.4) is 0 Å². The van der Waals surface area contributed by atoms with Gasteiger partial charge in [0, 0.05) is 6.54 Å². The van der Waals surface area contributed by atoms with Crippen molar-refractivity contribution >= 4 is 0 Å². The summed E-state index contributed by atoms with van der Waals surface area (Å²) in [6.07, 6.45) is 2.54. The number of nitrogens with zero attached hydrogens (tertiary/aromatic N) is 1. The summed E-state index contributed by atoms with van der Waals surface area (Å²) in [5.41, 5.74) is 1.72. The number of phenolic OH excluding ortho intramolecular Hbond substituents is 1. The first-order chi connectivity index (χ1) is 7.55. The van der Waals surface area contributed by atoms with E-state index in [2.05, 4.69) is 24.8 Å². The molecule has 0 aromatic heterocycles. The Morgan fingerprint density at radius 1 is 1.25 bits per heavy atom. The first kappa shape index (κ1) is 11.5. The van der Waals surface area contributed by atoms with Crippen molar-refractivity contribution in [3.63, 3.8) is 0 Å². The van der Waals surface area contributed by atoms with E-state index in [0.717, 1.165) is 6.54 Å². The van der Waals surface area contributed by atoms with E-state index in [-0.39, 0.29) is 0 Å². The molecule has 0 atom stereocenters. The first-order valence-electron chi connectivity index (χ1n) is 6.05. The Bertz CT molecular complexity index is 350. The smallest absolute Gasteiger partial charge is 0.115 e. The topological polar surface area (TPSA) is 23.5 Å². The Morgan fingerprint density at radius 3 is 2.56 bits per heavy atom. The van der Waals surface area contributed by atoms with E-state index in [4.69, 9.17) is 0 Å². The Balaban J connectivity index is 1.92. The van der Waals surface area contributed by atoms with Gasteiger partial charge >= 0.3 is 0 Å². The summed E-state index contributed by atoms with van der Waals surface area (Å²) in [6.45, 7) is 7.99. The van der Waals surface area contributed by atoms with Crippen LogP contribution in [-0.4, -0.2) is 23.1 Å². The van der Waals surface area contributed by atoms with Crippen molar-refractivity contribution in [2.45, 2.75) is 33.2 Å². The summed E-state index contributed by atoms with van der Waals surface area (Å²) in [4.78, 5) is 2.47. The lowest BCUT2D eigenvalue weighted by Gasteiger charge is -2.36. The average Bonchev–Trinajstić information content (AvgIpc) is 2.21. The number of aromatic hydroxyl groups is 1. The molecule has 1 N–H and O–H groups in total. The van der Waals surface area contributed by atoms with Crippen LogP contribution in [0.4, 0.5) is 0 Å². The molecule has 0 bridgehead atoms. The molecular formula is C14H21NO. The Kier molecular flexibility index (Phi) is 3.20. The molecule has 1 aromatic carbocycles. The highest BCUT2D eigenvalue weighted by Gasteiger charge is 2.24. The number of hydrogen-bond acceptors (Lipinski definition) is 2. The van der Waals surface area contributed by atoms with Crippen LogP contribution < -0.4 is 0 Å². The SMILES string of the molecule is CC1(C)CCN(Cc2cccc(O)c2)CC1. The fourth-order valence-corrected chi connectivity index (χ4v) is 2.23. The number of hydrogen-bond donors (Lipinski definition) is 1. The Hall–Kier alpha value is -1.02. The minimum absolute atomic E-state index is 0.370. The predicted octanol–water partition coefficient (Wildman–Crippen LogP) is 3.01. The van der Waals surface area contributed by atoms with Gasteiger partial charge in [0.05, 0.1) is 0 Å². The quantitative estimate of drug-likeness (QED) is 0.826. The van der Waals surface area contributed by atoms with E-state index in [9.17, 15) is 5.11 Å². The zero-order valence-electron chi connectivity index (χ0n) is 10.2. The van der Waals surface area contributed by atoms with Crippen LogP contribution in [0, 0.1) is 5.41 Å². The van der Waals surface area contributed by atoms with Crippen molar-refractivity contribution in [2.24, 2.45) is 5.41 Å². The van der Waals surface area contributed by atoms with Gasteiger partial charge in [0.25, 0.3) is 0 Å². The third-order valence-corrected chi connectivity index (χ3v) is 3.53. The first-order valence-corrected chi connectivity index (χ1v) is 6.05. The largest absolute Gasteiger partial charge is 0.508 e. The van der Waals surface area contributed by atoms with Gasteiger partial charge in [0.15, 0.2) is 0 Å². The zero-order valence-corrected chi connectivity index (χ0v) is 10.2. The second-order valence-electron chi connectivity index (χ2n) is 5.61. The maximum atomic E-state index is 9.41. The molecule has 16 heavy (non-hydrogen) atoms. The Morgan fingerprint density at radius 2 is 1.94 bits per heavy atom. The predicted molar refractivity (Wildman–Crippen MR) is 66.4 cm³/mol. The van der Waals surface area contributed by atoms with Crippen molar-refractivity contribution in [3.05, 3.63) is 29.8 Å². The summed E-state index contributed by atoms with van der Waals surface area (Å²) in [7, 11) is 0. The maximum Gasteiger partial charge on any atom is 0.115 e. The molecule has 1 fully saturated rings. The van der Waals surface area contributed by atoms with Crippen LogP contribution in [-0.2, 0) is 6.54 Å². The van der Waals surface area contributed by atoms with Gasteiger partial charge in [-0.1, -0.05) is 26.0 Å². The molecule has 0 spiro atoms. The van der Waals surface area contributed by atoms with E-state index in [1.807, 2.05) is 12.1 Å². The fourth-order valence-electron chi connectivity index (χ4n) is 2.23. The van der Waals surface area contributed by atoms with Crippen LogP contribution in [0.1, 0.15) is 32.3 Å². The van der Waals surface area contributed by atoms with Crippen molar-refractivity contribution in [1.82, 2.24) is 4.90 Å². The summed E-state index contributed by atoms with van der Waals surface area (Å²) in [5, 5.41) is 9.41. The molecule has 1 saturated heterocycles. The van der Waals surface area contributed by atoms with E-state index >= 15 is 0 Å². The van der Waals surface area contributed by atoms with Gasteiger partial charge in [-0.3, -0.25) is 4.90 Å². The molecular weight excluding hydrogens is 198 g/mol. The zero-order chi connectivity index (χ0) is 11.6. The minimum Gasteiger partial charge on any atom is -0.508 e. The van der Waals surface area contributed by atoms with Gasteiger partial charge < -0.3 is 5.11 Å². The van der Waals surface area contributed by atoms with E-state index in [1.165, 1.54) is 31.5 Å². The summed E-state index contributed by atoms with van der Waals surface area (Å²) in [6, 6.07) is 7.58. The van der Waals surface area contributed by atoms with Crippen molar-refractivity contribution in [1.29, 1.82) is 0 Å². The van der Waals surface area contributed by atoms with E-state index in [1.54, 1.807) is 6.07 Å². The molecule has 0 aliphatic carbocycles. The normalized spacial score (nSPS) is 20.9. The molecule has 2 heteroatoms. The average molecular weight is 219 g/mol. The molecule has 2 rings (SSSR count). The summed E-state index contributed by atoms with van der Waals surface area (Å²) < 4.78 is 0. The lowest BCUT2D eigenvalue weighted by atomic mass is 9.82. The fraction of sp³-hybridized carbons (Fsp3) is 0.571. The van der Waals surface area contributed by atoms with Crippen LogP contribution in [0.5, 0.6) is 5.75 Å². The highest BCUT2D eigenvalue weighted by atomic mass is 16.3. The van der Waals surface area contributed by atoms with Gasteiger partial charge in [0.1, 0.15) is 5.75 Å². The standard InChI is InChI=1S/C14H21NO/c1-14(2)6-8-15(9-7-14)11-12-4-3-5-13(16)10-12/h3-5,10,16H,6-9,11H2,1-2H3. The molecule has 0 amide bonds. The molecule has 1 aliphatic rings. The van der Waals surface area contributed by atoms with Crippen LogP contribution in [0.2, 0.25) is 0 Å². The molecule has 0 radical (unpaired) electrons. The molecule has 88 valence electrons. The monoisotopic (exact) mass is 219 g/mol. The second kappa shape index (κ2) is 4.46. The number of likely N-dealkylation sites (tertiary alicyclic amines) is 1. The number of rotatable bonds is 2. The van der Waals surface area contributed by atoms with Crippen LogP contribution in [0.15, 0.2) is 24.3 Å². The van der Waals surface area contributed by atoms with Gasteiger partial charge in [0.2, 0.25) is 0 Å². The van der Waals surface area contributed by atoms with E-state index in [0.29, 0.717) is 11.2 Å². The minimum atomic E-state index is 0.370. The summed E-state index contributed by atoms with van der Waals surface area (Å²) in [5.74, 6) is 0.370. The molecule has 1 aliphatic heterocycles. The molecule has 0 saturated carbocycles. The lowest BCUT2D eigenvalue weighted by Crippen LogP contribution is -2.36. The van der Waals surface area contributed by atoms with Crippen molar-refractivity contribution in [3.8, 4) is 5.75 Å². The second-order valence-corrected chi connectivity index (χ2v) is 5.61. The summed E-state index contributed by atoms with van der Waals surface area (Å²) >= 11 is 0. The van der Waals surface area contributed by atoms with E-state index < -0.39 is 0 Å². The molecule has 0 unspecified atom stereocenters. The van der Waals surface area contributed by atoms with Gasteiger partial charge in [-0.2, -0.15) is 0 Å². The molecule has 1 heterocycles.